The molecule has 0 amide bonds. The Kier molecular flexibility index (Phi) is 3.85. The lowest BCUT2D eigenvalue weighted by Gasteiger charge is -2.11. The van der Waals surface area contributed by atoms with Crippen LogP contribution in [0.25, 0.3) is 5.69 Å². The lowest BCUT2D eigenvalue weighted by Crippen LogP contribution is -2.27. The first-order valence-electron chi connectivity index (χ1n) is 7.35. The number of nitrogens with zero attached hydrogens (tertiary/aromatic N) is 4. The number of thioether (sulfide) groups is 1. The molecule has 0 unspecified atom stereocenters. The highest BCUT2D eigenvalue weighted by Crippen LogP contribution is 2.23. The van der Waals surface area contributed by atoms with Gasteiger partial charge in [-0.1, -0.05) is 48.2 Å². The van der Waals surface area contributed by atoms with Gasteiger partial charge in [-0.15, -0.1) is 0 Å². The number of hydrogen-bond acceptors (Lipinski definition) is 4. The Balaban J connectivity index is 2.04. The third kappa shape index (κ3) is 2.75. The summed E-state index contributed by atoms with van der Waals surface area (Å²) in [7, 11) is 0. The van der Waals surface area contributed by atoms with E-state index in [2.05, 4.69) is 4.57 Å². The predicted molar refractivity (Wildman–Crippen MR) is 94.8 cm³/mol. The van der Waals surface area contributed by atoms with Gasteiger partial charge >= 0.3 is 0 Å². The van der Waals surface area contributed by atoms with Gasteiger partial charge in [0.15, 0.2) is 9.93 Å². The van der Waals surface area contributed by atoms with Crippen molar-refractivity contribution in [1.82, 2.24) is 14.1 Å². The van der Waals surface area contributed by atoms with E-state index in [9.17, 15) is 0 Å². The van der Waals surface area contributed by atoms with Gasteiger partial charge in [-0.25, -0.2) is 4.99 Å². The highest BCUT2D eigenvalue weighted by molar-refractivity contribution is 7.99. The summed E-state index contributed by atoms with van der Waals surface area (Å²) in [5, 5.41) is 0.942. The van der Waals surface area contributed by atoms with Crippen molar-refractivity contribution in [3.63, 3.8) is 0 Å². The van der Waals surface area contributed by atoms with Gasteiger partial charge in [0.2, 0.25) is 5.62 Å². The van der Waals surface area contributed by atoms with Crippen LogP contribution in [0.5, 0.6) is 0 Å². The fraction of sp³-hybridized carbons (Fsp3) is 0.118. The summed E-state index contributed by atoms with van der Waals surface area (Å²) in [4.78, 5) is 9.46. The van der Waals surface area contributed by atoms with E-state index in [1.165, 1.54) is 0 Å². The van der Waals surface area contributed by atoms with Crippen LogP contribution in [0.3, 0.4) is 0 Å². The van der Waals surface area contributed by atoms with E-state index in [0.717, 1.165) is 33.6 Å². The van der Waals surface area contributed by atoms with Crippen molar-refractivity contribution < 1.29 is 0 Å². The lowest BCUT2D eigenvalue weighted by atomic mass is 10.3. The van der Waals surface area contributed by atoms with Gasteiger partial charge in [0, 0.05) is 12.3 Å². The Bertz CT molecular complexity index is 959. The molecule has 2 heterocycles. The van der Waals surface area contributed by atoms with Gasteiger partial charge in [-0.2, -0.15) is 4.98 Å². The summed E-state index contributed by atoms with van der Waals surface area (Å²) in [5.41, 5.74) is 2.46. The second-order valence-corrected chi connectivity index (χ2v) is 6.52. The minimum atomic E-state index is 0.619. The average Bonchev–Trinajstić information content (AvgIpc) is 3.06. The molecule has 6 heteroatoms. The maximum Gasteiger partial charge on any atom is 0.239 e. The lowest BCUT2D eigenvalue weighted by molar-refractivity contribution is 0.595. The van der Waals surface area contributed by atoms with Crippen molar-refractivity contribution in [2.45, 2.75) is 11.7 Å². The van der Waals surface area contributed by atoms with Gasteiger partial charge < -0.3 is 0 Å². The molecule has 2 aromatic carbocycles. The molecule has 4 rings (SSSR count). The average molecular weight is 338 g/mol. The van der Waals surface area contributed by atoms with Gasteiger partial charge in [0.1, 0.15) is 0 Å². The minimum Gasteiger partial charge on any atom is -0.296 e. The molecular weight excluding hydrogens is 324 g/mol. The summed E-state index contributed by atoms with van der Waals surface area (Å²) < 4.78 is 4.76. The quantitative estimate of drug-likeness (QED) is 0.668. The Labute approximate surface area is 143 Å². The summed E-state index contributed by atoms with van der Waals surface area (Å²) in [6.07, 6.45) is 0. The smallest absolute Gasteiger partial charge is 0.239 e. The number of fused-ring (bicyclic) bond motifs is 1. The van der Waals surface area contributed by atoms with Crippen molar-refractivity contribution in [2.75, 3.05) is 5.75 Å². The maximum atomic E-state index is 5.72. The van der Waals surface area contributed by atoms with Crippen LogP contribution in [0, 0.1) is 4.77 Å². The normalized spacial score (nSPS) is 14.0. The topological polar surface area (TPSA) is 35.1 Å². The molecular formula is C17H14N4S2. The standard InChI is InChI=1S/C17H14N4S2/c22-17-20-11-12-23-16(20)19-15(18-13-7-3-1-4-8-13)21(17)14-9-5-2-6-10-14/h1-10H,11-12H2. The van der Waals surface area contributed by atoms with E-state index in [-0.39, 0.29) is 0 Å². The summed E-state index contributed by atoms with van der Waals surface area (Å²) >= 11 is 7.44. The molecule has 0 saturated carbocycles. The van der Waals surface area contributed by atoms with Crippen LogP contribution in [0.15, 0.2) is 70.8 Å². The van der Waals surface area contributed by atoms with E-state index >= 15 is 0 Å². The zero-order valence-corrected chi connectivity index (χ0v) is 13.9. The summed E-state index contributed by atoms with van der Waals surface area (Å²) in [5.74, 6) is 1.00. The van der Waals surface area contributed by atoms with Gasteiger partial charge in [0.25, 0.3) is 0 Å². The first-order valence-corrected chi connectivity index (χ1v) is 8.74. The van der Waals surface area contributed by atoms with E-state index in [1.54, 1.807) is 11.8 Å². The zero-order valence-electron chi connectivity index (χ0n) is 12.3. The molecule has 0 N–H and O–H groups in total. The second-order valence-electron chi connectivity index (χ2n) is 5.10. The van der Waals surface area contributed by atoms with Crippen molar-refractivity contribution >= 4 is 29.7 Å². The highest BCUT2D eigenvalue weighted by atomic mass is 32.2. The predicted octanol–water partition coefficient (Wildman–Crippen LogP) is 3.74. The number of rotatable bonds is 2. The van der Waals surface area contributed by atoms with Crippen LogP contribution >= 0.6 is 24.0 Å². The third-order valence-corrected chi connectivity index (χ3v) is 4.95. The first kappa shape index (κ1) is 14.4. The molecule has 23 heavy (non-hydrogen) atoms. The zero-order chi connectivity index (χ0) is 15.6. The molecule has 0 saturated heterocycles. The van der Waals surface area contributed by atoms with Crippen molar-refractivity contribution in [3.05, 3.63) is 71.1 Å². The highest BCUT2D eigenvalue weighted by Gasteiger charge is 2.16. The molecule has 0 spiro atoms. The van der Waals surface area contributed by atoms with Crippen molar-refractivity contribution in [3.8, 4) is 5.69 Å². The van der Waals surface area contributed by atoms with E-state index in [1.807, 2.05) is 65.2 Å². The molecule has 0 aliphatic carbocycles. The largest absolute Gasteiger partial charge is 0.296 e. The molecule has 1 aliphatic heterocycles. The molecule has 0 bridgehead atoms. The minimum absolute atomic E-state index is 0.619. The number of hydrogen-bond donors (Lipinski definition) is 0. The Hall–Kier alpha value is -2.18. The van der Waals surface area contributed by atoms with E-state index < -0.39 is 0 Å². The van der Waals surface area contributed by atoms with E-state index in [0.29, 0.717) is 5.62 Å². The van der Waals surface area contributed by atoms with Crippen molar-refractivity contribution in [2.24, 2.45) is 4.99 Å². The van der Waals surface area contributed by atoms with Crippen LogP contribution in [-0.4, -0.2) is 19.9 Å². The maximum absolute atomic E-state index is 5.72. The second kappa shape index (κ2) is 6.14. The molecule has 0 fully saturated rings. The Morgan fingerprint density at radius 1 is 1.00 bits per heavy atom. The molecule has 1 aromatic heterocycles. The van der Waals surface area contributed by atoms with Crippen molar-refractivity contribution in [1.29, 1.82) is 0 Å². The fourth-order valence-corrected chi connectivity index (χ4v) is 3.87. The molecule has 3 aromatic rings. The molecule has 4 nitrogen and oxygen atoms in total. The Morgan fingerprint density at radius 2 is 1.70 bits per heavy atom. The summed E-state index contributed by atoms with van der Waals surface area (Å²) in [6.45, 7) is 0.893. The van der Waals surface area contributed by atoms with E-state index in [4.69, 9.17) is 22.2 Å². The van der Waals surface area contributed by atoms with Crippen LogP contribution in [0.1, 0.15) is 0 Å². The third-order valence-electron chi connectivity index (χ3n) is 3.59. The first-order chi connectivity index (χ1) is 11.3. The SMILES string of the molecule is S=c1n2c(nc(=Nc3ccccc3)n1-c1ccccc1)SCC2. The van der Waals surface area contributed by atoms with Crippen LogP contribution < -0.4 is 5.62 Å². The molecule has 1 aliphatic rings. The van der Waals surface area contributed by atoms with Gasteiger partial charge in [0.05, 0.1) is 11.4 Å². The molecule has 114 valence electrons. The Morgan fingerprint density at radius 3 is 2.43 bits per heavy atom. The van der Waals surface area contributed by atoms with Crippen LogP contribution in [0.2, 0.25) is 0 Å². The molecule has 0 atom stereocenters. The summed E-state index contributed by atoms with van der Waals surface area (Å²) in [6, 6.07) is 19.9. The van der Waals surface area contributed by atoms with Gasteiger partial charge in [-0.05, 0) is 36.5 Å². The monoisotopic (exact) mass is 338 g/mol. The number of benzene rings is 2. The van der Waals surface area contributed by atoms with Gasteiger partial charge in [-0.3, -0.25) is 9.13 Å². The fourth-order valence-electron chi connectivity index (χ4n) is 2.51. The number of aromatic nitrogens is 3. The van der Waals surface area contributed by atoms with Crippen LogP contribution in [-0.2, 0) is 6.54 Å². The number of para-hydroxylation sites is 2. The molecule has 0 radical (unpaired) electrons. The van der Waals surface area contributed by atoms with Crippen LogP contribution in [0.4, 0.5) is 5.69 Å².